The molecule has 6 heteroatoms. The second-order valence-corrected chi connectivity index (χ2v) is 10.5. The molecule has 2 aromatic heterocycles. The predicted molar refractivity (Wildman–Crippen MR) is 117 cm³/mol. The van der Waals surface area contributed by atoms with Crippen molar-refractivity contribution in [2.24, 2.45) is 0 Å². The molecule has 27 heavy (non-hydrogen) atoms. The lowest BCUT2D eigenvalue weighted by molar-refractivity contribution is 0.00578. The van der Waals surface area contributed by atoms with E-state index in [-0.39, 0.29) is 18.3 Å². The third kappa shape index (κ3) is 5.04. The van der Waals surface area contributed by atoms with Crippen LogP contribution in [0.3, 0.4) is 0 Å². The van der Waals surface area contributed by atoms with E-state index in [1.165, 1.54) is 46.7 Å². The van der Waals surface area contributed by atoms with Gasteiger partial charge in [0.05, 0.1) is 11.2 Å². The average molecular weight is 406 g/mol. The van der Waals surface area contributed by atoms with E-state index in [1.807, 2.05) is 11.3 Å². The Bertz CT molecular complexity index is 719. The largest absolute Gasteiger partial charge is 0.505 e. The van der Waals surface area contributed by atoms with E-state index in [0.29, 0.717) is 0 Å². The van der Waals surface area contributed by atoms with E-state index in [1.54, 1.807) is 18.4 Å². The standard InChI is InChI=1S/C21H31BO3S2/c1-20(2)21(3,4)25-22(24-20)19-14-13-18(27-19)17-12-11-16(26-17)10-8-6-7-9-15-23-5/h11-14H,6-10,15H2,1-5H3. The molecule has 3 nitrogen and oxygen atoms in total. The van der Waals surface area contributed by atoms with Gasteiger partial charge in [-0.1, -0.05) is 18.9 Å². The summed E-state index contributed by atoms with van der Waals surface area (Å²) in [6.07, 6.45) is 6.14. The number of unbranched alkanes of at least 4 members (excludes halogenated alkanes) is 3. The first-order valence-corrected chi connectivity index (χ1v) is 11.5. The van der Waals surface area contributed by atoms with Gasteiger partial charge in [-0.25, -0.2) is 0 Å². The van der Waals surface area contributed by atoms with E-state index in [4.69, 9.17) is 14.0 Å². The third-order valence-corrected chi connectivity index (χ3v) is 7.99. The SMILES string of the molecule is COCCCCCCc1ccc(-c2ccc(B3OC(C)(C)C(C)(C)O3)s2)s1. The average Bonchev–Trinajstić information content (AvgIpc) is 3.29. The van der Waals surface area contributed by atoms with E-state index in [2.05, 4.69) is 52.0 Å². The number of aryl methyl sites for hydroxylation is 1. The number of ether oxygens (including phenoxy) is 1. The molecule has 0 radical (unpaired) electrons. The Labute approximate surface area is 172 Å². The lowest BCUT2D eigenvalue weighted by Crippen LogP contribution is -2.41. The van der Waals surface area contributed by atoms with Crippen molar-refractivity contribution in [2.45, 2.75) is 71.0 Å². The zero-order chi connectivity index (χ0) is 19.5. The van der Waals surface area contributed by atoms with Crippen molar-refractivity contribution in [3.8, 4) is 9.75 Å². The van der Waals surface area contributed by atoms with Crippen molar-refractivity contribution in [3.63, 3.8) is 0 Å². The van der Waals surface area contributed by atoms with Gasteiger partial charge in [-0.3, -0.25) is 0 Å². The second kappa shape index (κ2) is 8.79. The summed E-state index contributed by atoms with van der Waals surface area (Å²) in [5.74, 6) is 0. The third-order valence-electron chi connectivity index (χ3n) is 5.54. The number of thiophene rings is 2. The number of hydrogen-bond acceptors (Lipinski definition) is 5. The van der Waals surface area contributed by atoms with Crippen LogP contribution in [0.15, 0.2) is 24.3 Å². The minimum atomic E-state index is -0.291. The zero-order valence-corrected chi connectivity index (χ0v) is 18.8. The summed E-state index contributed by atoms with van der Waals surface area (Å²) in [4.78, 5) is 4.12. The zero-order valence-electron chi connectivity index (χ0n) is 17.2. The van der Waals surface area contributed by atoms with Crippen molar-refractivity contribution in [2.75, 3.05) is 13.7 Å². The molecular weight excluding hydrogens is 375 g/mol. The van der Waals surface area contributed by atoms with E-state index in [0.717, 1.165) is 11.4 Å². The van der Waals surface area contributed by atoms with Gasteiger partial charge in [-0.15, -0.1) is 22.7 Å². The van der Waals surface area contributed by atoms with Crippen LogP contribution in [0.25, 0.3) is 9.75 Å². The Balaban J connectivity index is 1.56. The molecule has 148 valence electrons. The Morgan fingerprint density at radius 2 is 1.48 bits per heavy atom. The van der Waals surface area contributed by atoms with Crippen LogP contribution in [0.5, 0.6) is 0 Å². The maximum absolute atomic E-state index is 6.18. The molecule has 3 heterocycles. The van der Waals surface area contributed by atoms with Gasteiger partial charge in [0.1, 0.15) is 0 Å². The lowest BCUT2D eigenvalue weighted by Gasteiger charge is -2.32. The highest BCUT2D eigenvalue weighted by molar-refractivity contribution is 7.28. The van der Waals surface area contributed by atoms with Crippen LogP contribution >= 0.6 is 22.7 Å². The molecule has 1 aliphatic heterocycles. The normalized spacial score (nSPS) is 18.3. The van der Waals surface area contributed by atoms with E-state index < -0.39 is 0 Å². The van der Waals surface area contributed by atoms with Crippen molar-refractivity contribution in [1.29, 1.82) is 0 Å². The van der Waals surface area contributed by atoms with Gasteiger partial charge in [0, 0.05) is 33.1 Å². The first-order valence-electron chi connectivity index (χ1n) is 9.86. The maximum Gasteiger partial charge on any atom is 0.505 e. The quantitative estimate of drug-likeness (QED) is 0.405. The van der Waals surface area contributed by atoms with E-state index >= 15 is 0 Å². The van der Waals surface area contributed by atoms with Gasteiger partial charge >= 0.3 is 7.12 Å². The molecule has 2 aromatic rings. The fourth-order valence-electron chi connectivity index (χ4n) is 3.12. The van der Waals surface area contributed by atoms with Crippen LogP contribution in [0.1, 0.15) is 58.3 Å². The fraction of sp³-hybridized carbons (Fsp3) is 0.619. The molecule has 0 aromatic carbocycles. The van der Waals surface area contributed by atoms with Crippen molar-refractivity contribution >= 4 is 34.6 Å². The molecule has 0 aliphatic carbocycles. The molecule has 0 saturated carbocycles. The van der Waals surface area contributed by atoms with Gasteiger partial charge in [0.25, 0.3) is 0 Å². The number of methoxy groups -OCH3 is 1. The Morgan fingerprint density at radius 1 is 0.852 bits per heavy atom. The van der Waals surface area contributed by atoms with Crippen LogP contribution in [0, 0.1) is 0 Å². The smallest absolute Gasteiger partial charge is 0.399 e. The molecule has 1 saturated heterocycles. The van der Waals surface area contributed by atoms with Crippen LogP contribution < -0.4 is 4.78 Å². The molecule has 0 spiro atoms. The Kier molecular flexibility index (Phi) is 6.86. The van der Waals surface area contributed by atoms with Crippen LogP contribution in [-0.2, 0) is 20.5 Å². The molecule has 0 bridgehead atoms. The second-order valence-electron chi connectivity index (χ2n) is 8.21. The fourth-order valence-corrected chi connectivity index (χ4v) is 5.22. The highest BCUT2D eigenvalue weighted by atomic mass is 32.1. The summed E-state index contributed by atoms with van der Waals surface area (Å²) in [5.41, 5.74) is -0.581. The molecule has 0 unspecified atom stereocenters. The molecule has 0 amide bonds. The Hall–Kier alpha value is -0.655. The van der Waals surface area contributed by atoms with Gasteiger partial charge in [0.2, 0.25) is 0 Å². The molecule has 0 atom stereocenters. The summed E-state index contributed by atoms with van der Waals surface area (Å²) < 4.78 is 18.6. The Morgan fingerprint density at radius 3 is 2.19 bits per heavy atom. The minimum Gasteiger partial charge on any atom is -0.399 e. The molecule has 3 rings (SSSR count). The predicted octanol–water partition coefficient (Wildman–Crippen LogP) is 5.53. The first-order chi connectivity index (χ1) is 12.8. The summed E-state index contributed by atoms with van der Waals surface area (Å²) in [6.45, 7) is 9.28. The van der Waals surface area contributed by atoms with Crippen molar-refractivity contribution < 1.29 is 14.0 Å². The number of rotatable bonds is 9. The van der Waals surface area contributed by atoms with Crippen LogP contribution in [-0.4, -0.2) is 32.0 Å². The summed E-state index contributed by atoms with van der Waals surface area (Å²) >= 11 is 3.70. The van der Waals surface area contributed by atoms with Crippen LogP contribution in [0.2, 0.25) is 0 Å². The van der Waals surface area contributed by atoms with Gasteiger partial charge in [-0.05, 0) is 65.2 Å². The maximum atomic E-state index is 6.18. The van der Waals surface area contributed by atoms with E-state index in [9.17, 15) is 0 Å². The monoisotopic (exact) mass is 406 g/mol. The lowest BCUT2D eigenvalue weighted by atomic mass is 9.88. The van der Waals surface area contributed by atoms with Gasteiger partial charge in [0.15, 0.2) is 0 Å². The van der Waals surface area contributed by atoms with Gasteiger partial charge in [-0.2, -0.15) is 0 Å². The highest BCUT2D eigenvalue weighted by Crippen LogP contribution is 2.38. The highest BCUT2D eigenvalue weighted by Gasteiger charge is 2.52. The minimum absolute atomic E-state index is 0.264. The summed E-state index contributed by atoms with van der Waals surface area (Å²) in [6, 6.07) is 8.89. The summed E-state index contributed by atoms with van der Waals surface area (Å²) in [5, 5.41) is 0. The van der Waals surface area contributed by atoms with Gasteiger partial charge < -0.3 is 14.0 Å². The van der Waals surface area contributed by atoms with Crippen LogP contribution in [0.4, 0.5) is 0 Å². The molecular formula is C21H31BO3S2. The number of hydrogen-bond donors (Lipinski definition) is 0. The first kappa shape index (κ1) is 21.1. The molecule has 0 N–H and O–H groups in total. The van der Waals surface area contributed by atoms with Crippen molar-refractivity contribution in [3.05, 3.63) is 29.1 Å². The molecule has 1 fully saturated rings. The topological polar surface area (TPSA) is 27.7 Å². The molecule has 1 aliphatic rings. The summed E-state index contributed by atoms with van der Waals surface area (Å²) in [7, 11) is 1.51. The van der Waals surface area contributed by atoms with Crippen molar-refractivity contribution in [1.82, 2.24) is 0 Å².